The highest BCUT2D eigenvalue weighted by Gasteiger charge is 2.15. The zero-order valence-electron chi connectivity index (χ0n) is 20.0. The molecule has 0 aliphatic carbocycles. The molecule has 1 aromatic carbocycles. The van der Waals surface area contributed by atoms with Gasteiger partial charge in [0, 0.05) is 42.1 Å². The van der Waals surface area contributed by atoms with E-state index >= 15 is 0 Å². The fourth-order valence-corrected chi connectivity index (χ4v) is 3.01. The van der Waals surface area contributed by atoms with Crippen LogP contribution in [-0.4, -0.2) is 60.7 Å². The van der Waals surface area contributed by atoms with Crippen molar-refractivity contribution < 1.29 is 28.7 Å². The summed E-state index contributed by atoms with van der Waals surface area (Å²) in [5.74, 6) is -0.200. The largest absolute Gasteiger partial charge is 0.379 e. The maximum absolute atomic E-state index is 12.8. The number of hydrogen-bond acceptors (Lipinski definition) is 7. The Balaban J connectivity index is 1.98. The lowest BCUT2D eigenvalue weighted by atomic mass is 10.1. The molecule has 34 heavy (non-hydrogen) atoms. The lowest BCUT2D eigenvalue weighted by molar-refractivity contribution is -0.118. The number of hydrogen-bond donors (Lipinski definition) is 1. The van der Waals surface area contributed by atoms with Crippen LogP contribution in [0.25, 0.3) is 11.3 Å². The molecule has 182 valence electrons. The first-order valence-electron chi connectivity index (χ1n) is 11.3. The van der Waals surface area contributed by atoms with Crippen LogP contribution >= 0.6 is 0 Å². The molecule has 0 saturated heterocycles. The monoisotopic (exact) mass is 468 g/mol. The van der Waals surface area contributed by atoms with E-state index in [0.29, 0.717) is 36.1 Å². The lowest BCUT2D eigenvalue weighted by Crippen LogP contribution is -2.41. The van der Waals surface area contributed by atoms with E-state index in [-0.39, 0.29) is 49.7 Å². The molecule has 8 heteroatoms. The van der Waals surface area contributed by atoms with Gasteiger partial charge in [-0.2, -0.15) is 0 Å². The fourth-order valence-electron chi connectivity index (χ4n) is 3.01. The van der Waals surface area contributed by atoms with Crippen molar-refractivity contribution in [3.63, 3.8) is 0 Å². The van der Waals surface area contributed by atoms with Crippen LogP contribution < -0.4 is 5.32 Å². The maximum Gasteiger partial charge on any atom is 0.251 e. The first kappa shape index (κ1) is 27.0. The second-order valence-corrected chi connectivity index (χ2v) is 8.01. The predicted molar refractivity (Wildman–Crippen MR) is 128 cm³/mol. The third-order valence-corrected chi connectivity index (χ3v) is 5.02. The van der Waals surface area contributed by atoms with Gasteiger partial charge in [0.05, 0.1) is 38.2 Å². The van der Waals surface area contributed by atoms with E-state index in [1.54, 1.807) is 49.5 Å². The number of ether oxygens (including phenoxy) is 2. The molecule has 1 heterocycles. The van der Waals surface area contributed by atoms with Crippen LogP contribution in [0.2, 0.25) is 0 Å². The van der Waals surface area contributed by atoms with E-state index in [9.17, 15) is 19.2 Å². The molecule has 0 fully saturated rings. The summed E-state index contributed by atoms with van der Waals surface area (Å²) in [6.07, 6.45) is 2.59. The Labute approximate surface area is 200 Å². The SMILES string of the molecule is CCC(=O)c1ccc(-c2ccc(C(=O)NC(COCCC(C)=O)COCCC(C)=O)cc2)nc1. The molecule has 0 radical (unpaired) electrons. The van der Waals surface area contributed by atoms with Crippen molar-refractivity contribution >= 4 is 23.3 Å². The highest BCUT2D eigenvalue weighted by molar-refractivity contribution is 5.96. The van der Waals surface area contributed by atoms with Gasteiger partial charge in [-0.25, -0.2) is 0 Å². The Bertz CT molecular complexity index is 948. The van der Waals surface area contributed by atoms with E-state index < -0.39 is 6.04 Å². The standard InChI is InChI=1S/C26H32N2O6/c1-4-25(31)22-9-10-24(27-15-22)20-5-7-21(8-6-20)26(32)28-23(16-33-13-11-18(2)29)17-34-14-12-19(3)30/h5-10,15,23H,4,11-14,16-17H2,1-3H3,(H,28,32). The minimum atomic E-state index is -0.434. The maximum atomic E-state index is 12.8. The molecule has 8 nitrogen and oxygen atoms in total. The van der Waals surface area contributed by atoms with Crippen molar-refractivity contribution in [2.45, 2.75) is 46.1 Å². The normalized spacial score (nSPS) is 10.8. The number of rotatable bonds is 15. The quantitative estimate of drug-likeness (QED) is 0.315. The number of amides is 1. The van der Waals surface area contributed by atoms with Crippen molar-refractivity contribution in [2.75, 3.05) is 26.4 Å². The average molecular weight is 469 g/mol. The van der Waals surface area contributed by atoms with Crippen molar-refractivity contribution in [3.8, 4) is 11.3 Å². The molecular formula is C26H32N2O6. The van der Waals surface area contributed by atoms with Gasteiger partial charge in [0.25, 0.3) is 5.91 Å². The van der Waals surface area contributed by atoms with Crippen LogP contribution in [0.5, 0.6) is 0 Å². The summed E-state index contributed by atoms with van der Waals surface area (Å²) in [6.45, 7) is 5.69. The van der Waals surface area contributed by atoms with Crippen LogP contribution in [0.1, 0.15) is 60.7 Å². The summed E-state index contributed by atoms with van der Waals surface area (Å²) in [4.78, 5) is 51.0. The molecule has 0 unspecified atom stereocenters. The minimum absolute atomic E-state index is 0.0273. The predicted octanol–water partition coefficient (Wildman–Crippen LogP) is 3.43. The van der Waals surface area contributed by atoms with E-state index in [4.69, 9.17) is 9.47 Å². The number of carbonyl (C=O) groups is 4. The van der Waals surface area contributed by atoms with Gasteiger partial charge in [0.15, 0.2) is 5.78 Å². The first-order valence-corrected chi connectivity index (χ1v) is 11.3. The lowest BCUT2D eigenvalue weighted by Gasteiger charge is -2.19. The summed E-state index contributed by atoms with van der Waals surface area (Å²) in [5.41, 5.74) is 2.56. The molecule has 0 aliphatic rings. The Morgan fingerprint density at radius 2 is 1.41 bits per heavy atom. The zero-order chi connectivity index (χ0) is 24.9. The van der Waals surface area contributed by atoms with Crippen LogP contribution in [0, 0.1) is 0 Å². The molecule has 0 saturated carbocycles. The number of aromatic nitrogens is 1. The van der Waals surface area contributed by atoms with Crippen LogP contribution in [0.4, 0.5) is 0 Å². The molecule has 0 bridgehead atoms. The second-order valence-electron chi connectivity index (χ2n) is 8.01. The molecule has 0 atom stereocenters. The number of nitrogens with one attached hydrogen (secondary N) is 1. The molecular weight excluding hydrogens is 436 g/mol. The highest BCUT2D eigenvalue weighted by atomic mass is 16.5. The highest BCUT2D eigenvalue weighted by Crippen LogP contribution is 2.18. The van der Waals surface area contributed by atoms with E-state index in [2.05, 4.69) is 10.3 Å². The number of carbonyl (C=O) groups excluding carboxylic acids is 4. The minimum Gasteiger partial charge on any atom is -0.379 e. The smallest absolute Gasteiger partial charge is 0.251 e. The molecule has 2 rings (SSSR count). The molecule has 2 aromatic rings. The third-order valence-electron chi connectivity index (χ3n) is 5.02. The van der Waals surface area contributed by atoms with E-state index in [1.807, 2.05) is 0 Å². The second kappa shape index (κ2) is 14.1. The van der Waals surface area contributed by atoms with Gasteiger partial charge in [-0.05, 0) is 38.1 Å². The summed E-state index contributed by atoms with van der Waals surface area (Å²) < 4.78 is 11.0. The summed E-state index contributed by atoms with van der Waals surface area (Å²) in [5, 5.41) is 2.88. The Morgan fingerprint density at radius 1 is 0.853 bits per heavy atom. The van der Waals surface area contributed by atoms with Crippen molar-refractivity contribution in [3.05, 3.63) is 53.7 Å². The van der Waals surface area contributed by atoms with Gasteiger partial charge in [0.2, 0.25) is 0 Å². The molecule has 1 aromatic heterocycles. The Hall–Kier alpha value is -3.23. The van der Waals surface area contributed by atoms with Crippen molar-refractivity contribution in [1.82, 2.24) is 10.3 Å². The van der Waals surface area contributed by atoms with Gasteiger partial charge in [-0.1, -0.05) is 19.1 Å². The number of benzene rings is 1. The Morgan fingerprint density at radius 3 is 1.88 bits per heavy atom. The van der Waals surface area contributed by atoms with Gasteiger partial charge < -0.3 is 14.8 Å². The molecule has 1 N–H and O–H groups in total. The number of pyridine rings is 1. The van der Waals surface area contributed by atoms with Gasteiger partial charge in [0.1, 0.15) is 11.6 Å². The summed E-state index contributed by atoms with van der Waals surface area (Å²) >= 11 is 0. The van der Waals surface area contributed by atoms with Crippen LogP contribution in [-0.2, 0) is 19.1 Å². The van der Waals surface area contributed by atoms with Gasteiger partial charge in [-0.3, -0.25) is 24.2 Å². The Kier molecular flexibility index (Phi) is 11.2. The fraction of sp³-hybridized carbons (Fsp3) is 0.423. The summed E-state index contributed by atoms with van der Waals surface area (Å²) in [7, 11) is 0. The number of ketones is 3. The number of nitrogens with zero attached hydrogens (tertiary/aromatic N) is 1. The van der Waals surface area contributed by atoms with Gasteiger partial charge >= 0.3 is 0 Å². The topological polar surface area (TPSA) is 112 Å². The first-order chi connectivity index (χ1) is 16.3. The van der Waals surface area contributed by atoms with Crippen molar-refractivity contribution in [2.24, 2.45) is 0 Å². The molecule has 0 aliphatic heterocycles. The zero-order valence-corrected chi connectivity index (χ0v) is 20.0. The van der Waals surface area contributed by atoms with E-state index in [0.717, 1.165) is 5.56 Å². The van der Waals surface area contributed by atoms with E-state index in [1.165, 1.54) is 13.8 Å². The van der Waals surface area contributed by atoms with Crippen molar-refractivity contribution in [1.29, 1.82) is 0 Å². The average Bonchev–Trinajstić information content (AvgIpc) is 2.83. The van der Waals surface area contributed by atoms with Gasteiger partial charge in [-0.15, -0.1) is 0 Å². The number of Topliss-reactive ketones (excluding diaryl/α,β-unsaturated/α-hetero) is 3. The molecule has 1 amide bonds. The summed E-state index contributed by atoms with van der Waals surface area (Å²) in [6, 6.07) is 10.1. The third kappa shape index (κ3) is 9.33. The van der Waals surface area contributed by atoms with Crippen LogP contribution in [0.15, 0.2) is 42.6 Å². The molecule has 0 spiro atoms. The van der Waals surface area contributed by atoms with Crippen LogP contribution in [0.3, 0.4) is 0 Å².